The molecule has 1 fully saturated rings. The summed E-state index contributed by atoms with van der Waals surface area (Å²) >= 11 is 12.3. The predicted molar refractivity (Wildman–Crippen MR) is 150 cm³/mol. The van der Waals surface area contributed by atoms with Crippen LogP contribution in [0, 0.1) is 5.82 Å². The summed E-state index contributed by atoms with van der Waals surface area (Å²) in [7, 11) is 0. The average molecular weight is 587 g/mol. The highest BCUT2D eigenvalue weighted by Gasteiger charge is 2.48. The molecular formula is C30H29Cl2FN2O5. The Morgan fingerprint density at radius 3 is 2.10 bits per heavy atom. The molecule has 10 heteroatoms. The van der Waals surface area contributed by atoms with E-state index in [1.165, 1.54) is 17.0 Å². The van der Waals surface area contributed by atoms with Crippen molar-refractivity contribution in [3.8, 4) is 0 Å². The van der Waals surface area contributed by atoms with E-state index in [0.717, 1.165) is 5.56 Å². The van der Waals surface area contributed by atoms with Crippen LogP contribution in [-0.4, -0.2) is 46.5 Å². The SMILES string of the molecule is CCC[C@H](C(=O)NCC(=O)O)N1C(=O)[C@H](Cc2ccc(F)cc2)O[C@@H](c2ccc(Cl)cc2)[C@H]1c1ccc(Cl)cc1. The van der Waals surface area contributed by atoms with Gasteiger partial charge in [-0.1, -0.05) is 72.9 Å². The molecule has 210 valence electrons. The molecule has 0 radical (unpaired) electrons. The van der Waals surface area contributed by atoms with E-state index in [1.807, 2.05) is 6.92 Å². The van der Waals surface area contributed by atoms with E-state index < -0.39 is 54.4 Å². The number of hydrogen-bond donors (Lipinski definition) is 2. The molecule has 1 saturated heterocycles. The number of rotatable bonds is 10. The van der Waals surface area contributed by atoms with Gasteiger partial charge in [0.1, 0.15) is 30.6 Å². The van der Waals surface area contributed by atoms with Crippen LogP contribution in [0.2, 0.25) is 10.0 Å². The molecule has 40 heavy (non-hydrogen) atoms. The maximum absolute atomic E-state index is 14.2. The van der Waals surface area contributed by atoms with Crippen molar-refractivity contribution in [1.29, 1.82) is 0 Å². The lowest BCUT2D eigenvalue weighted by atomic mass is 9.88. The zero-order chi connectivity index (χ0) is 28.8. The van der Waals surface area contributed by atoms with Crippen LogP contribution in [0.5, 0.6) is 0 Å². The van der Waals surface area contributed by atoms with E-state index in [0.29, 0.717) is 27.6 Å². The number of amides is 2. The zero-order valence-electron chi connectivity index (χ0n) is 21.7. The van der Waals surface area contributed by atoms with Crippen LogP contribution in [0.4, 0.5) is 4.39 Å². The summed E-state index contributed by atoms with van der Waals surface area (Å²) < 4.78 is 20.1. The Labute approximate surface area is 241 Å². The van der Waals surface area contributed by atoms with Gasteiger partial charge in [0.2, 0.25) is 5.91 Å². The minimum atomic E-state index is -1.20. The van der Waals surface area contributed by atoms with E-state index in [-0.39, 0.29) is 12.8 Å². The van der Waals surface area contributed by atoms with E-state index in [2.05, 4.69) is 5.32 Å². The second-order valence-corrected chi connectivity index (χ2v) is 10.5. The Morgan fingerprint density at radius 1 is 0.975 bits per heavy atom. The van der Waals surface area contributed by atoms with E-state index in [4.69, 9.17) is 33.0 Å². The topological polar surface area (TPSA) is 95.9 Å². The molecule has 1 aliphatic heterocycles. The predicted octanol–water partition coefficient (Wildman–Crippen LogP) is 5.75. The third kappa shape index (κ3) is 6.99. The van der Waals surface area contributed by atoms with Crippen LogP contribution in [0.3, 0.4) is 0 Å². The van der Waals surface area contributed by atoms with Crippen LogP contribution in [0.25, 0.3) is 0 Å². The van der Waals surface area contributed by atoms with Gasteiger partial charge in [-0.05, 0) is 59.5 Å². The average Bonchev–Trinajstić information content (AvgIpc) is 2.93. The van der Waals surface area contributed by atoms with Crippen molar-refractivity contribution in [2.75, 3.05) is 6.54 Å². The molecule has 2 N–H and O–H groups in total. The van der Waals surface area contributed by atoms with Gasteiger partial charge in [0, 0.05) is 16.5 Å². The molecule has 1 aliphatic rings. The summed E-state index contributed by atoms with van der Waals surface area (Å²) in [6, 6.07) is 18.1. The van der Waals surface area contributed by atoms with Gasteiger partial charge >= 0.3 is 5.97 Å². The maximum atomic E-state index is 14.2. The minimum Gasteiger partial charge on any atom is -0.480 e. The fourth-order valence-corrected chi connectivity index (χ4v) is 5.19. The smallest absolute Gasteiger partial charge is 0.322 e. The second-order valence-electron chi connectivity index (χ2n) is 9.59. The Bertz CT molecular complexity index is 1340. The quantitative estimate of drug-likeness (QED) is 0.315. The number of nitrogens with zero attached hydrogens (tertiary/aromatic N) is 1. The van der Waals surface area contributed by atoms with Crippen molar-refractivity contribution in [1.82, 2.24) is 10.2 Å². The molecule has 0 aliphatic carbocycles. The van der Waals surface area contributed by atoms with Gasteiger partial charge in [-0.3, -0.25) is 14.4 Å². The van der Waals surface area contributed by atoms with E-state index >= 15 is 0 Å². The number of nitrogens with one attached hydrogen (secondary N) is 1. The van der Waals surface area contributed by atoms with Gasteiger partial charge < -0.3 is 20.1 Å². The number of benzene rings is 3. The highest BCUT2D eigenvalue weighted by Crippen LogP contribution is 2.44. The van der Waals surface area contributed by atoms with Gasteiger partial charge in [0.25, 0.3) is 5.91 Å². The fraction of sp³-hybridized carbons (Fsp3) is 0.300. The Hall–Kier alpha value is -3.46. The van der Waals surface area contributed by atoms with E-state index in [9.17, 15) is 18.8 Å². The number of carboxylic acid groups (broad SMARTS) is 1. The van der Waals surface area contributed by atoms with Gasteiger partial charge in [-0.2, -0.15) is 0 Å². The number of ether oxygens (including phenoxy) is 1. The molecule has 3 aromatic carbocycles. The van der Waals surface area contributed by atoms with Crippen molar-refractivity contribution in [3.05, 3.63) is 105 Å². The number of morpholine rings is 1. The van der Waals surface area contributed by atoms with Crippen molar-refractivity contribution < 1.29 is 28.6 Å². The Morgan fingerprint density at radius 2 is 1.55 bits per heavy atom. The summed E-state index contributed by atoms with van der Waals surface area (Å²) in [6.07, 6.45) is -0.729. The standard InChI is InChI=1S/C30H29Cl2FN2O5/c1-2-3-24(29(38)34-17-26(36)37)35-27(19-6-10-21(31)11-7-19)28(20-8-12-22(32)13-9-20)40-25(30(35)39)16-18-4-14-23(33)15-5-18/h4-15,24-25,27-28H,2-3,16-17H2,1H3,(H,34,38)(H,36,37)/t24-,25+,27-,28+/m1/s1. The summed E-state index contributed by atoms with van der Waals surface area (Å²) in [4.78, 5) is 40.4. The summed E-state index contributed by atoms with van der Waals surface area (Å²) in [5.74, 6) is -2.60. The number of halogens is 3. The molecule has 2 amide bonds. The normalized spacial score (nSPS) is 19.8. The lowest BCUT2D eigenvalue weighted by molar-refractivity contribution is -0.181. The van der Waals surface area contributed by atoms with Gasteiger partial charge in [-0.25, -0.2) is 4.39 Å². The monoisotopic (exact) mass is 586 g/mol. The summed E-state index contributed by atoms with van der Waals surface area (Å²) in [5, 5.41) is 12.6. The molecular weight excluding hydrogens is 558 g/mol. The summed E-state index contributed by atoms with van der Waals surface area (Å²) in [5.41, 5.74) is 2.10. The number of aliphatic carboxylic acids is 1. The number of hydrogen-bond acceptors (Lipinski definition) is 4. The first-order valence-corrected chi connectivity index (χ1v) is 13.7. The lowest BCUT2D eigenvalue weighted by Gasteiger charge is -2.47. The fourth-order valence-electron chi connectivity index (χ4n) is 4.94. The largest absolute Gasteiger partial charge is 0.480 e. The minimum absolute atomic E-state index is 0.141. The molecule has 1 heterocycles. The van der Waals surface area contributed by atoms with Gasteiger partial charge in [0.15, 0.2) is 0 Å². The van der Waals surface area contributed by atoms with Crippen molar-refractivity contribution in [2.24, 2.45) is 0 Å². The molecule has 0 aromatic heterocycles. The third-order valence-corrected chi connectivity index (χ3v) is 7.29. The third-order valence-electron chi connectivity index (χ3n) is 6.79. The Kier molecular flexibility index (Phi) is 9.79. The highest BCUT2D eigenvalue weighted by atomic mass is 35.5. The Balaban J connectivity index is 1.84. The van der Waals surface area contributed by atoms with E-state index in [1.54, 1.807) is 60.7 Å². The molecule has 0 bridgehead atoms. The first-order valence-electron chi connectivity index (χ1n) is 12.9. The molecule has 4 atom stereocenters. The lowest BCUT2D eigenvalue weighted by Crippen LogP contribution is -2.59. The first-order chi connectivity index (χ1) is 19.2. The first kappa shape index (κ1) is 29.5. The maximum Gasteiger partial charge on any atom is 0.322 e. The number of carboxylic acids is 1. The molecule has 0 saturated carbocycles. The molecule has 3 aromatic rings. The number of carbonyl (C=O) groups excluding carboxylic acids is 2. The zero-order valence-corrected chi connectivity index (χ0v) is 23.2. The van der Waals surface area contributed by atoms with Crippen LogP contribution >= 0.6 is 23.2 Å². The van der Waals surface area contributed by atoms with Crippen molar-refractivity contribution in [3.63, 3.8) is 0 Å². The van der Waals surface area contributed by atoms with Crippen LogP contribution in [-0.2, 0) is 25.5 Å². The molecule has 7 nitrogen and oxygen atoms in total. The van der Waals surface area contributed by atoms with Crippen molar-refractivity contribution >= 4 is 41.0 Å². The molecule has 0 unspecified atom stereocenters. The van der Waals surface area contributed by atoms with Crippen LogP contribution in [0.1, 0.15) is 48.6 Å². The second kappa shape index (κ2) is 13.3. The van der Waals surface area contributed by atoms with Gasteiger partial charge in [-0.15, -0.1) is 0 Å². The molecule has 0 spiro atoms. The number of carbonyl (C=O) groups is 3. The van der Waals surface area contributed by atoms with Crippen molar-refractivity contribution in [2.45, 2.75) is 50.5 Å². The summed E-state index contributed by atoms with van der Waals surface area (Å²) in [6.45, 7) is 1.30. The van der Waals surface area contributed by atoms with Gasteiger partial charge in [0.05, 0.1) is 6.04 Å². The van der Waals surface area contributed by atoms with Crippen LogP contribution < -0.4 is 5.32 Å². The van der Waals surface area contributed by atoms with Crippen LogP contribution in [0.15, 0.2) is 72.8 Å². The highest BCUT2D eigenvalue weighted by molar-refractivity contribution is 6.30. The molecule has 4 rings (SSSR count).